The summed E-state index contributed by atoms with van der Waals surface area (Å²) in [7, 11) is 0. The summed E-state index contributed by atoms with van der Waals surface area (Å²) in [6.45, 7) is 9.56. The lowest BCUT2D eigenvalue weighted by Crippen LogP contribution is -2.31. The van der Waals surface area contributed by atoms with Gasteiger partial charge in [-0.05, 0) is 30.0 Å². The van der Waals surface area contributed by atoms with E-state index in [0.29, 0.717) is 12.1 Å². The second-order valence-corrected chi connectivity index (χ2v) is 6.58. The molecule has 0 N–H and O–H groups in total. The lowest BCUT2D eigenvalue weighted by atomic mass is 9.97. The Morgan fingerprint density at radius 3 is 1.59 bits per heavy atom. The van der Waals surface area contributed by atoms with Gasteiger partial charge in [-0.15, -0.1) is 0 Å². The van der Waals surface area contributed by atoms with Crippen molar-refractivity contribution >= 4 is 0 Å². The van der Waals surface area contributed by atoms with Crippen LogP contribution in [0.2, 0.25) is 0 Å². The minimum atomic E-state index is 0.353. The molecule has 0 radical (unpaired) electrons. The number of hydrogen-bond donors (Lipinski definition) is 0. The first-order chi connectivity index (χ1) is 13.3. The summed E-state index contributed by atoms with van der Waals surface area (Å²) < 4.78 is 0. The fourth-order valence-electron chi connectivity index (χ4n) is 3.57. The summed E-state index contributed by atoms with van der Waals surface area (Å²) in [6, 6.07) is 33.3. The van der Waals surface area contributed by atoms with Crippen molar-refractivity contribution in [3.05, 3.63) is 108 Å². The molecule has 0 heterocycles. The molecular formula is C26H33N. The van der Waals surface area contributed by atoms with E-state index < -0.39 is 0 Å². The Kier molecular flexibility index (Phi) is 8.80. The van der Waals surface area contributed by atoms with Crippen molar-refractivity contribution in [1.29, 1.82) is 0 Å². The normalized spacial score (nSPS) is 12.8. The van der Waals surface area contributed by atoms with Crippen molar-refractivity contribution < 1.29 is 0 Å². The van der Waals surface area contributed by atoms with Crippen molar-refractivity contribution in [2.45, 2.75) is 52.7 Å². The van der Waals surface area contributed by atoms with E-state index in [9.17, 15) is 0 Å². The molecule has 0 fully saturated rings. The van der Waals surface area contributed by atoms with Gasteiger partial charge in [0, 0.05) is 18.6 Å². The number of nitrogens with zero attached hydrogens (tertiary/aromatic N) is 1. The SMILES string of the molecule is CC.CC[C@H](c1ccccc1)N(Cc1ccccc1)[C@@H](C)c1ccccc1. The molecule has 1 nitrogen and oxygen atoms in total. The highest BCUT2D eigenvalue weighted by molar-refractivity contribution is 5.24. The monoisotopic (exact) mass is 359 g/mol. The Hall–Kier alpha value is -2.38. The van der Waals surface area contributed by atoms with Crippen LogP contribution in [-0.2, 0) is 6.54 Å². The Morgan fingerprint density at radius 1 is 0.667 bits per heavy atom. The Labute approximate surface area is 165 Å². The molecule has 3 aromatic carbocycles. The van der Waals surface area contributed by atoms with E-state index in [1.807, 2.05) is 13.8 Å². The summed E-state index contributed by atoms with van der Waals surface area (Å²) in [4.78, 5) is 2.62. The summed E-state index contributed by atoms with van der Waals surface area (Å²) in [5.74, 6) is 0. The second kappa shape index (κ2) is 11.4. The third-order valence-corrected chi connectivity index (χ3v) is 4.96. The third kappa shape index (κ3) is 5.80. The molecular weight excluding hydrogens is 326 g/mol. The molecule has 3 aromatic rings. The molecule has 3 rings (SSSR count). The molecule has 0 aliphatic rings. The van der Waals surface area contributed by atoms with Gasteiger partial charge in [-0.1, -0.05) is 112 Å². The van der Waals surface area contributed by atoms with Crippen molar-refractivity contribution in [3.8, 4) is 0 Å². The van der Waals surface area contributed by atoms with Gasteiger partial charge in [0.05, 0.1) is 0 Å². The predicted molar refractivity (Wildman–Crippen MR) is 118 cm³/mol. The molecule has 0 saturated carbocycles. The first-order valence-corrected chi connectivity index (χ1v) is 10.2. The van der Waals surface area contributed by atoms with Crippen LogP contribution in [0, 0.1) is 0 Å². The summed E-state index contributed by atoms with van der Waals surface area (Å²) in [5, 5.41) is 0. The van der Waals surface area contributed by atoms with Crippen LogP contribution >= 0.6 is 0 Å². The van der Waals surface area contributed by atoms with Gasteiger partial charge in [0.1, 0.15) is 0 Å². The van der Waals surface area contributed by atoms with Crippen molar-refractivity contribution in [3.63, 3.8) is 0 Å². The molecule has 27 heavy (non-hydrogen) atoms. The maximum absolute atomic E-state index is 2.62. The topological polar surface area (TPSA) is 3.24 Å². The first-order valence-electron chi connectivity index (χ1n) is 10.2. The highest BCUT2D eigenvalue weighted by atomic mass is 15.2. The van der Waals surface area contributed by atoms with Crippen LogP contribution in [-0.4, -0.2) is 4.90 Å². The lowest BCUT2D eigenvalue weighted by Gasteiger charge is -2.37. The van der Waals surface area contributed by atoms with Gasteiger partial charge < -0.3 is 0 Å². The van der Waals surface area contributed by atoms with E-state index in [2.05, 4.69) is 110 Å². The molecule has 0 aliphatic heterocycles. The summed E-state index contributed by atoms with van der Waals surface area (Å²) in [6.07, 6.45) is 1.09. The van der Waals surface area contributed by atoms with Crippen LogP contribution in [0.3, 0.4) is 0 Å². The van der Waals surface area contributed by atoms with E-state index >= 15 is 0 Å². The van der Waals surface area contributed by atoms with Crippen LogP contribution < -0.4 is 0 Å². The van der Waals surface area contributed by atoms with Crippen molar-refractivity contribution in [2.24, 2.45) is 0 Å². The van der Waals surface area contributed by atoms with Gasteiger partial charge in [0.25, 0.3) is 0 Å². The minimum Gasteiger partial charge on any atom is -0.285 e. The highest BCUT2D eigenvalue weighted by Crippen LogP contribution is 2.34. The third-order valence-electron chi connectivity index (χ3n) is 4.96. The minimum absolute atomic E-state index is 0.353. The van der Waals surface area contributed by atoms with Gasteiger partial charge in [0.2, 0.25) is 0 Å². The number of hydrogen-bond acceptors (Lipinski definition) is 1. The molecule has 2 atom stereocenters. The lowest BCUT2D eigenvalue weighted by molar-refractivity contribution is 0.129. The Balaban J connectivity index is 0.00000126. The zero-order valence-corrected chi connectivity index (χ0v) is 17.2. The van der Waals surface area contributed by atoms with Crippen LogP contribution in [0.1, 0.15) is 62.9 Å². The second-order valence-electron chi connectivity index (χ2n) is 6.58. The van der Waals surface area contributed by atoms with Gasteiger partial charge in [0.15, 0.2) is 0 Å². The zero-order valence-electron chi connectivity index (χ0n) is 17.2. The van der Waals surface area contributed by atoms with Crippen LogP contribution in [0.15, 0.2) is 91.0 Å². The quantitative estimate of drug-likeness (QED) is 0.424. The van der Waals surface area contributed by atoms with Gasteiger partial charge in [-0.25, -0.2) is 0 Å². The van der Waals surface area contributed by atoms with E-state index in [-0.39, 0.29) is 0 Å². The molecule has 142 valence electrons. The first kappa shape index (κ1) is 20.9. The average Bonchev–Trinajstić information content (AvgIpc) is 2.76. The van der Waals surface area contributed by atoms with E-state index in [1.54, 1.807) is 0 Å². The van der Waals surface area contributed by atoms with E-state index in [0.717, 1.165) is 13.0 Å². The Morgan fingerprint density at radius 2 is 1.11 bits per heavy atom. The number of benzene rings is 3. The molecule has 1 heteroatoms. The maximum atomic E-state index is 2.62. The van der Waals surface area contributed by atoms with E-state index in [1.165, 1.54) is 16.7 Å². The highest BCUT2D eigenvalue weighted by Gasteiger charge is 2.24. The van der Waals surface area contributed by atoms with Gasteiger partial charge >= 0.3 is 0 Å². The molecule has 0 unspecified atom stereocenters. The predicted octanol–water partition coefficient (Wildman–Crippen LogP) is 7.43. The molecule has 0 aromatic heterocycles. The molecule has 0 bridgehead atoms. The van der Waals surface area contributed by atoms with Gasteiger partial charge in [-0.2, -0.15) is 0 Å². The fraction of sp³-hybridized carbons (Fsp3) is 0.308. The maximum Gasteiger partial charge on any atom is 0.0355 e. The van der Waals surface area contributed by atoms with Gasteiger partial charge in [-0.3, -0.25) is 4.90 Å². The summed E-state index contributed by atoms with van der Waals surface area (Å²) >= 11 is 0. The van der Waals surface area contributed by atoms with Crippen LogP contribution in [0.5, 0.6) is 0 Å². The molecule has 0 aliphatic carbocycles. The molecule has 0 spiro atoms. The Bertz CT molecular complexity index is 737. The molecule has 0 saturated heterocycles. The van der Waals surface area contributed by atoms with E-state index in [4.69, 9.17) is 0 Å². The van der Waals surface area contributed by atoms with Crippen molar-refractivity contribution in [1.82, 2.24) is 4.90 Å². The standard InChI is InChI=1S/C24H27N.C2H6/c1-3-24(23-17-11-6-12-18-23)25(19-21-13-7-4-8-14-21)20(2)22-15-9-5-10-16-22;1-2/h4-18,20,24H,3,19H2,1-2H3;1-2H3/t20-,24+;/m0./s1. The average molecular weight is 360 g/mol. The smallest absolute Gasteiger partial charge is 0.0355 e. The largest absolute Gasteiger partial charge is 0.285 e. The number of rotatable bonds is 7. The van der Waals surface area contributed by atoms with Crippen LogP contribution in [0.4, 0.5) is 0 Å². The molecule has 0 amide bonds. The van der Waals surface area contributed by atoms with Crippen molar-refractivity contribution in [2.75, 3.05) is 0 Å². The fourth-order valence-corrected chi connectivity index (χ4v) is 3.57. The zero-order chi connectivity index (χ0) is 19.5. The summed E-state index contributed by atoms with van der Waals surface area (Å²) in [5.41, 5.74) is 4.12. The van der Waals surface area contributed by atoms with Crippen LogP contribution in [0.25, 0.3) is 0 Å².